The molecule has 0 radical (unpaired) electrons. The van der Waals surface area contributed by atoms with Crippen LogP contribution < -0.4 is 4.90 Å². The molecule has 1 aromatic carbocycles. The maximum atomic E-state index is 12.7. The molecular formula is C11H12FNO2. The lowest BCUT2D eigenvalue weighted by molar-refractivity contribution is -0.140. The van der Waals surface area contributed by atoms with Crippen LogP contribution in [-0.4, -0.2) is 24.2 Å². The SMILES string of the molecule is O=C(O)C1CCN(c2ccc(F)cc2)C1. The fourth-order valence-corrected chi connectivity index (χ4v) is 1.85. The molecule has 0 saturated carbocycles. The van der Waals surface area contributed by atoms with E-state index in [1.165, 1.54) is 12.1 Å². The number of anilines is 1. The molecule has 1 fully saturated rings. The normalized spacial score (nSPS) is 20.6. The fourth-order valence-electron chi connectivity index (χ4n) is 1.85. The summed E-state index contributed by atoms with van der Waals surface area (Å²) in [6.07, 6.45) is 0.659. The fraction of sp³-hybridized carbons (Fsp3) is 0.364. The molecule has 0 bridgehead atoms. The van der Waals surface area contributed by atoms with Crippen LogP contribution in [0, 0.1) is 11.7 Å². The molecular weight excluding hydrogens is 197 g/mol. The van der Waals surface area contributed by atoms with E-state index >= 15 is 0 Å². The molecule has 0 spiro atoms. The number of carbonyl (C=O) groups is 1. The molecule has 15 heavy (non-hydrogen) atoms. The molecule has 0 aliphatic carbocycles. The van der Waals surface area contributed by atoms with Gasteiger partial charge in [0.1, 0.15) is 5.82 Å². The lowest BCUT2D eigenvalue weighted by Gasteiger charge is -2.17. The Bertz CT molecular complexity index is 363. The minimum absolute atomic E-state index is 0.271. The van der Waals surface area contributed by atoms with Gasteiger partial charge >= 0.3 is 5.97 Å². The molecule has 0 amide bonds. The third kappa shape index (κ3) is 2.09. The summed E-state index contributed by atoms with van der Waals surface area (Å²) in [7, 11) is 0. The van der Waals surface area contributed by atoms with Crippen molar-refractivity contribution >= 4 is 11.7 Å². The minimum atomic E-state index is -0.750. The van der Waals surface area contributed by atoms with Gasteiger partial charge in [-0.05, 0) is 30.7 Å². The summed E-state index contributed by atoms with van der Waals surface area (Å²) in [5.74, 6) is -1.32. The van der Waals surface area contributed by atoms with Crippen molar-refractivity contribution in [2.75, 3.05) is 18.0 Å². The smallest absolute Gasteiger partial charge is 0.308 e. The topological polar surface area (TPSA) is 40.5 Å². The van der Waals surface area contributed by atoms with Gasteiger partial charge in [-0.1, -0.05) is 0 Å². The molecule has 1 unspecified atom stereocenters. The van der Waals surface area contributed by atoms with Gasteiger partial charge in [0.25, 0.3) is 0 Å². The molecule has 1 N–H and O–H groups in total. The van der Waals surface area contributed by atoms with E-state index < -0.39 is 5.97 Å². The Morgan fingerprint density at radius 1 is 1.40 bits per heavy atom. The molecule has 1 aliphatic rings. The Labute approximate surface area is 87.1 Å². The van der Waals surface area contributed by atoms with Gasteiger partial charge in [-0.2, -0.15) is 0 Å². The molecule has 1 heterocycles. The zero-order valence-electron chi connectivity index (χ0n) is 8.19. The standard InChI is InChI=1S/C11H12FNO2/c12-9-1-3-10(4-2-9)13-6-5-8(7-13)11(14)15/h1-4,8H,5-7H2,(H,14,15). The van der Waals surface area contributed by atoms with Gasteiger partial charge in [-0.25, -0.2) is 4.39 Å². The first-order valence-corrected chi connectivity index (χ1v) is 4.90. The molecule has 1 aliphatic heterocycles. The van der Waals surface area contributed by atoms with Gasteiger partial charge in [-0.15, -0.1) is 0 Å². The van der Waals surface area contributed by atoms with E-state index in [-0.39, 0.29) is 11.7 Å². The first-order valence-electron chi connectivity index (χ1n) is 4.90. The van der Waals surface area contributed by atoms with Gasteiger partial charge in [0.15, 0.2) is 0 Å². The highest BCUT2D eigenvalue weighted by molar-refractivity contribution is 5.72. The van der Waals surface area contributed by atoms with Crippen molar-refractivity contribution < 1.29 is 14.3 Å². The zero-order valence-corrected chi connectivity index (χ0v) is 8.19. The van der Waals surface area contributed by atoms with Gasteiger partial charge in [0, 0.05) is 18.8 Å². The average molecular weight is 209 g/mol. The Morgan fingerprint density at radius 3 is 2.60 bits per heavy atom. The molecule has 3 nitrogen and oxygen atoms in total. The van der Waals surface area contributed by atoms with Gasteiger partial charge in [0.2, 0.25) is 0 Å². The number of halogens is 1. The molecule has 0 aromatic heterocycles. The van der Waals surface area contributed by atoms with E-state index in [9.17, 15) is 9.18 Å². The number of carboxylic acid groups (broad SMARTS) is 1. The largest absolute Gasteiger partial charge is 0.481 e. The quantitative estimate of drug-likeness (QED) is 0.806. The number of benzene rings is 1. The molecule has 2 rings (SSSR count). The van der Waals surface area contributed by atoms with E-state index in [4.69, 9.17) is 5.11 Å². The predicted octanol–water partition coefficient (Wildman–Crippen LogP) is 1.74. The van der Waals surface area contributed by atoms with Crippen LogP contribution in [0.3, 0.4) is 0 Å². The summed E-state index contributed by atoms with van der Waals surface area (Å²) in [6, 6.07) is 6.14. The summed E-state index contributed by atoms with van der Waals surface area (Å²) in [5.41, 5.74) is 0.889. The maximum absolute atomic E-state index is 12.7. The predicted molar refractivity (Wildman–Crippen MR) is 54.4 cm³/mol. The van der Waals surface area contributed by atoms with Crippen LogP contribution in [0.4, 0.5) is 10.1 Å². The summed E-state index contributed by atoms with van der Waals surface area (Å²) in [5, 5.41) is 8.84. The lowest BCUT2D eigenvalue weighted by atomic mass is 10.1. The molecule has 1 saturated heterocycles. The Hall–Kier alpha value is -1.58. The highest BCUT2D eigenvalue weighted by Crippen LogP contribution is 2.23. The van der Waals surface area contributed by atoms with E-state index in [0.29, 0.717) is 13.0 Å². The van der Waals surface area contributed by atoms with Crippen molar-refractivity contribution in [2.45, 2.75) is 6.42 Å². The summed E-state index contributed by atoms with van der Waals surface area (Å²) >= 11 is 0. The number of hydrogen-bond donors (Lipinski definition) is 1. The maximum Gasteiger partial charge on any atom is 0.308 e. The summed E-state index contributed by atoms with van der Waals surface area (Å²) in [6.45, 7) is 1.24. The number of hydrogen-bond acceptors (Lipinski definition) is 2. The van der Waals surface area contributed by atoms with E-state index in [0.717, 1.165) is 12.2 Å². The second kappa shape index (κ2) is 3.88. The summed E-state index contributed by atoms with van der Waals surface area (Å²) in [4.78, 5) is 12.7. The van der Waals surface area contributed by atoms with Crippen molar-refractivity contribution in [3.8, 4) is 0 Å². The third-order valence-corrected chi connectivity index (χ3v) is 2.73. The van der Waals surface area contributed by atoms with Crippen molar-refractivity contribution in [3.63, 3.8) is 0 Å². The zero-order chi connectivity index (χ0) is 10.8. The van der Waals surface area contributed by atoms with Crippen LogP contribution in [0.25, 0.3) is 0 Å². The average Bonchev–Trinajstić information content (AvgIpc) is 2.68. The molecule has 1 aromatic rings. The molecule has 80 valence electrons. The number of carboxylic acids is 1. The highest BCUT2D eigenvalue weighted by atomic mass is 19.1. The van der Waals surface area contributed by atoms with Crippen LogP contribution in [0.5, 0.6) is 0 Å². The van der Waals surface area contributed by atoms with Crippen LogP contribution in [0.15, 0.2) is 24.3 Å². The number of rotatable bonds is 2. The van der Waals surface area contributed by atoms with E-state index in [1.54, 1.807) is 12.1 Å². The number of aliphatic carboxylic acids is 1. The van der Waals surface area contributed by atoms with Crippen LogP contribution in [0.1, 0.15) is 6.42 Å². The summed E-state index contributed by atoms with van der Waals surface area (Å²) < 4.78 is 12.7. The van der Waals surface area contributed by atoms with Gasteiger partial charge in [0.05, 0.1) is 5.92 Å². The second-order valence-corrected chi connectivity index (χ2v) is 3.75. The third-order valence-electron chi connectivity index (χ3n) is 2.73. The van der Waals surface area contributed by atoms with E-state index in [2.05, 4.69) is 0 Å². The monoisotopic (exact) mass is 209 g/mol. The van der Waals surface area contributed by atoms with Crippen molar-refractivity contribution in [2.24, 2.45) is 5.92 Å². The van der Waals surface area contributed by atoms with Crippen molar-refractivity contribution in [1.82, 2.24) is 0 Å². The first-order chi connectivity index (χ1) is 7.16. The van der Waals surface area contributed by atoms with Gasteiger partial charge in [-0.3, -0.25) is 4.79 Å². The van der Waals surface area contributed by atoms with Crippen LogP contribution in [-0.2, 0) is 4.79 Å². The first kappa shape index (κ1) is 9.96. The van der Waals surface area contributed by atoms with Crippen LogP contribution >= 0.6 is 0 Å². The van der Waals surface area contributed by atoms with Crippen molar-refractivity contribution in [1.29, 1.82) is 0 Å². The lowest BCUT2D eigenvalue weighted by Crippen LogP contribution is -2.22. The van der Waals surface area contributed by atoms with Gasteiger partial charge < -0.3 is 10.0 Å². The second-order valence-electron chi connectivity index (χ2n) is 3.75. The molecule has 4 heteroatoms. The Morgan fingerprint density at radius 2 is 2.07 bits per heavy atom. The van der Waals surface area contributed by atoms with Crippen molar-refractivity contribution in [3.05, 3.63) is 30.1 Å². The highest BCUT2D eigenvalue weighted by Gasteiger charge is 2.27. The minimum Gasteiger partial charge on any atom is -0.481 e. The Kier molecular flexibility index (Phi) is 2.58. The Balaban J connectivity index is 2.07. The van der Waals surface area contributed by atoms with Crippen LogP contribution in [0.2, 0.25) is 0 Å². The number of nitrogens with zero attached hydrogens (tertiary/aromatic N) is 1. The molecule has 1 atom stereocenters. The van der Waals surface area contributed by atoms with E-state index in [1.807, 2.05) is 4.90 Å².